The highest BCUT2D eigenvalue weighted by atomic mass is 16.2. The SMILES string of the molecule is CC(=O)[15NH][13CH2][13CH2]CCC=[N+](C)C. The smallest absolute Gasteiger partial charge is 0.216 e. The fraction of sp³-hybridized carbons (Fsp3) is 0.778. The van der Waals surface area contributed by atoms with Crippen molar-refractivity contribution in [3.63, 3.8) is 0 Å². The number of unbranched alkanes of at least 4 members (excludes halogenated alkanes) is 2. The molecule has 0 radical (unpaired) electrons. The summed E-state index contributed by atoms with van der Waals surface area (Å²) in [6.45, 7) is 2.35. The lowest BCUT2D eigenvalue weighted by atomic mass is 10.4. The lowest BCUT2D eigenvalue weighted by Gasteiger charge is -1.98. The van der Waals surface area contributed by atoms with E-state index < -0.39 is 0 Å². The van der Waals surface area contributed by atoms with Crippen molar-refractivity contribution >= 4 is 12.1 Å². The minimum Gasteiger partial charge on any atom is -0.356 e. The minimum absolute atomic E-state index is 0.0617. The van der Waals surface area contributed by atoms with Crippen molar-refractivity contribution in [2.75, 3.05) is 20.6 Å². The molecule has 0 rings (SSSR count). The van der Waals surface area contributed by atoms with Crippen LogP contribution in [0.15, 0.2) is 0 Å². The first-order valence-electron chi connectivity index (χ1n) is 4.37. The molecule has 0 atom stereocenters. The van der Waals surface area contributed by atoms with Gasteiger partial charge in [0.15, 0.2) is 0 Å². The molecule has 0 saturated heterocycles. The van der Waals surface area contributed by atoms with E-state index in [4.69, 9.17) is 0 Å². The molecule has 1 amide bonds. The summed E-state index contributed by atoms with van der Waals surface area (Å²) < 4.78 is 2.05. The molecule has 0 aliphatic heterocycles. The number of carbonyl (C=O) groups excluding carboxylic acids is 1. The Bertz CT molecular complexity index is 160. The van der Waals surface area contributed by atoms with Gasteiger partial charge in [0.25, 0.3) is 0 Å². The van der Waals surface area contributed by atoms with E-state index in [1.54, 1.807) is 6.92 Å². The van der Waals surface area contributed by atoms with E-state index in [9.17, 15) is 4.79 Å². The lowest BCUT2D eigenvalue weighted by Crippen LogP contribution is -2.20. The second-order valence-electron chi connectivity index (χ2n) is 3.12. The van der Waals surface area contributed by atoms with Crippen molar-refractivity contribution in [1.29, 1.82) is 0 Å². The van der Waals surface area contributed by atoms with Gasteiger partial charge in [-0.1, -0.05) is 0 Å². The van der Waals surface area contributed by atoms with Gasteiger partial charge in [-0.05, 0) is 12.8 Å². The van der Waals surface area contributed by atoms with Crippen LogP contribution >= 0.6 is 0 Å². The predicted octanol–water partition coefficient (Wildman–Crippen LogP) is 0.636. The van der Waals surface area contributed by atoms with E-state index in [0.717, 1.165) is 25.8 Å². The Labute approximate surface area is 74.5 Å². The van der Waals surface area contributed by atoms with Crippen LogP contribution < -0.4 is 5.32 Å². The van der Waals surface area contributed by atoms with Crippen molar-refractivity contribution in [3.8, 4) is 0 Å². The van der Waals surface area contributed by atoms with Crippen molar-refractivity contribution in [3.05, 3.63) is 0 Å². The molecule has 0 unspecified atom stereocenters. The van der Waals surface area contributed by atoms with E-state index in [-0.39, 0.29) is 5.91 Å². The molecule has 0 bridgehead atoms. The highest BCUT2D eigenvalue weighted by Gasteiger charge is 1.91. The zero-order valence-corrected chi connectivity index (χ0v) is 8.26. The fourth-order valence-electron chi connectivity index (χ4n) is 0.883. The van der Waals surface area contributed by atoms with Gasteiger partial charge in [0.05, 0.1) is 0 Å². The third-order valence-corrected chi connectivity index (χ3v) is 1.50. The van der Waals surface area contributed by atoms with Crippen LogP contribution in [0.1, 0.15) is 26.2 Å². The Hall–Kier alpha value is -0.860. The standard InChI is InChI=1S/C9H18N2O/c1-9(12)10-7-5-4-6-8-11(2)3/h8H,4-7H2,1-3H3/p+1/i5+1,7+1,10+1. The number of carbonyl (C=O) groups is 1. The van der Waals surface area contributed by atoms with Gasteiger partial charge in [0.1, 0.15) is 20.3 Å². The van der Waals surface area contributed by atoms with E-state index in [1.807, 2.05) is 14.1 Å². The summed E-state index contributed by atoms with van der Waals surface area (Å²) in [6, 6.07) is 0. The first-order valence-corrected chi connectivity index (χ1v) is 4.37. The summed E-state index contributed by atoms with van der Waals surface area (Å²) in [6.07, 6.45) is 5.43. The number of amides is 1. The summed E-state index contributed by atoms with van der Waals surface area (Å²) >= 11 is 0. The molecule has 0 spiro atoms. The predicted molar refractivity (Wildman–Crippen MR) is 50.7 cm³/mol. The van der Waals surface area contributed by atoms with Crippen molar-refractivity contribution in [1.82, 2.24) is 5.32 Å². The lowest BCUT2D eigenvalue weighted by molar-refractivity contribution is -0.460. The maximum absolute atomic E-state index is 10.5. The molecule has 3 nitrogen and oxygen atoms in total. The molecule has 1 N–H and O–H groups in total. The van der Waals surface area contributed by atoms with Crippen LogP contribution in [0.2, 0.25) is 0 Å². The van der Waals surface area contributed by atoms with Crippen LogP contribution in [0.25, 0.3) is 0 Å². The monoisotopic (exact) mass is 174 g/mol. The van der Waals surface area contributed by atoms with E-state index >= 15 is 0 Å². The summed E-state index contributed by atoms with van der Waals surface area (Å²) in [7, 11) is 4.04. The number of hydrogen-bond donors (Lipinski definition) is 1. The molecule has 0 aliphatic rings. The molecule has 0 saturated carbocycles. The number of nitrogens with zero attached hydrogens (tertiary/aromatic N) is 1. The Balaban J connectivity index is 3.11. The Morgan fingerprint density at radius 1 is 1.42 bits per heavy atom. The van der Waals surface area contributed by atoms with Gasteiger partial charge in [-0.3, -0.25) is 4.79 Å². The van der Waals surface area contributed by atoms with Gasteiger partial charge in [-0.2, -0.15) is 0 Å². The highest BCUT2D eigenvalue weighted by molar-refractivity contribution is 5.72. The van der Waals surface area contributed by atoms with E-state index in [1.165, 1.54) is 0 Å². The quantitative estimate of drug-likeness (QED) is 0.214. The summed E-state index contributed by atoms with van der Waals surface area (Å²) in [4.78, 5) is 10.5. The Kier molecular flexibility index (Phi) is 6.34. The molecule has 0 aromatic rings. The number of rotatable bonds is 5. The van der Waals surface area contributed by atoms with Crippen LogP contribution in [-0.4, -0.2) is 37.3 Å². The van der Waals surface area contributed by atoms with Crippen LogP contribution in [0, 0.1) is 0 Å². The van der Waals surface area contributed by atoms with E-state index in [2.05, 4.69) is 16.1 Å². The maximum Gasteiger partial charge on any atom is 0.216 e. The molecule has 3 heteroatoms. The van der Waals surface area contributed by atoms with Crippen LogP contribution in [0.5, 0.6) is 0 Å². The molecule has 0 aromatic heterocycles. The maximum atomic E-state index is 10.5. The summed E-state index contributed by atoms with van der Waals surface area (Å²) in [5.74, 6) is 0.0617. The van der Waals surface area contributed by atoms with Crippen LogP contribution in [-0.2, 0) is 4.79 Å². The average Bonchev–Trinajstić information content (AvgIpc) is 1.95. The molecule has 0 heterocycles. The van der Waals surface area contributed by atoms with Gasteiger partial charge in [-0.15, -0.1) is 0 Å². The number of nitrogens with one attached hydrogen (secondary N) is 1. The fourth-order valence-corrected chi connectivity index (χ4v) is 0.883. The molecule has 0 fully saturated rings. The number of hydrogen-bond acceptors (Lipinski definition) is 1. The van der Waals surface area contributed by atoms with E-state index in [0.29, 0.717) is 0 Å². The summed E-state index contributed by atoms with van der Waals surface area (Å²) in [5, 5.41) is 2.77. The van der Waals surface area contributed by atoms with Gasteiger partial charge < -0.3 is 5.32 Å². The second-order valence-corrected chi connectivity index (χ2v) is 3.12. The molecule has 70 valence electrons. The molecule has 12 heavy (non-hydrogen) atoms. The topological polar surface area (TPSA) is 32.1 Å². The zero-order valence-electron chi connectivity index (χ0n) is 8.26. The van der Waals surface area contributed by atoms with Gasteiger partial charge in [0, 0.05) is 19.9 Å². The first kappa shape index (κ1) is 11.1. The molecule has 0 aromatic carbocycles. The van der Waals surface area contributed by atoms with Crippen LogP contribution in [0.4, 0.5) is 0 Å². The summed E-state index contributed by atoms with van der Waals surface area (Å²) in [5.41, 5.74) is 0. The highest BCUT2D eigenvalue weighted by Crippen LogP contribution is 1.90. The largest absolute Gasteiger partial charge is 0.356 e. The third-order valence-electron chi connectivity index (χ3n) is 1.50. The molecular weight excluding hydrogens is 155 g/mol. The van der Waals surface area contributed by atoms with Crippen LogP contribution in [0.3, 0.4) is 0 Å². The Morgan fingerprint density at radius 2 is 2.08 bits per heavy atom. The van der Waals surface area contributed by atoms with Gasteiger partial charge in [-0.25, -0.2) is 4.58 Å². The molecule has 0 aliphatic carbocycles. The zero-order chi connectivity index (χ0) is 9.40. The molecular formula is C9H19N2O+. The normalized spacial score (nSPS) is 9.25. The van der Waals surface area contributed by atoms with Gasteiger partial charge in [0.2, 0.25) is 5.91 Å². The van der Waals surface area contributed by atoms with Crippen molar-refractivity contribution < 1.29 is 9.37 Å². The van der Waals surface area contributed by atoms with Gasteiger partial charge >= 0.3 is 0 Å². The van der Waals surface area contributed by atoms with Crippen molar-refractivity contribution in [2.24, 2.45) is 0 Å². The Morgan fingerprint density at radius 3 is 2.58 bits per heavy atom. The minimum atomic E-state index is 0.0617. The van der Waals surface area contributed by atoms with Crippen molar-refractivity contribution in [2.45, 2.75) is 26.2 Å². The third kappa shape index (κ3) is 9.14. The first-order chi connectivity index (χ1) is 5.63. The average molecular weight is 174 g/mol. The second kappa shape index (κ2) is 6.83.